The fraction of sp³-hybridized carbons (Fsp3) is 0.538. The van der Waals surface area contributed by atoms with E-state index in [-0.39, 0.29) is 46.0 Å². The Morgan fingerprint density at radius 1 is 0.758 bits per heavy atom. The van der Waals surface area contributed by atoms with E-state index < -0.39 is 10.1 Å². The van der Waals surface area contributed by atoms with Crippen LogP contribution in [0.1, 0.15) is 89.5 Å². The zero-order valence-corrected chi connectivity index (χ0v) is 23.0. The second-order valence-corrected chi connectivity index (χ2v) is 9.79. The van der Waals surface area contributed by atoms with E-state index in [0.717, 1.165) is 19.3 Å². The number of ether oxygens (including phenoxy) is 1. The first-order chi connectivity index (χ1) is 15.4. The number of para-hydroxylation sites is 1. The first kappa shape index (κ1) is 30.0. The van der Waals surface area contributed by atoms with Crippen LogP contribution >= 0.6 is 0 Å². The molecular weight excluding hydrogens is 447 g/mol. The van der Waals surface area contributed by atoms with Gasteiger partial charge in [-0.05, 0) is 36.6 Å². The summed E-state index contributed by atoms with van der Waals surface area (Å²) in [7, 11) is -4.42. The Bertz CT molecular complexity index is 915. The monoisotopic (exact) mass is 484 g/mol. The zero-order valence-electron chi connectivity index (χ0n) is 20.2. The van der Waals surface area contributed by atoms with Crippen LogP contribution in [0.15, 0.2) is 47.4 Å². The first-order valence-electron chi connectivity index (χ1n) is 12.0. The summed E-state index contributed by atoms with van der Waals surface area (Å²) in [6.45, 7) is 2.24. The van der Waals surface area contributed by atoms with Crippen LogP contribution in [0.2, 0.25) is 0 Å². The van der Waals surface area contributed by atoms with Gasteiger partial charge in [-0.15, -0.1) is 5.75 Å². The van der Waals surface area contributed by atoms with E-state index in [1.807, 2.05) is 0 Å². The van der Waals surface area contributed by atoms with Gasteiger partial charge < -0.3 is 9.84 Å². The molecule has 0 heterocycles. The predicted octanol–water partition coefficient (Wildman–Crippen LogP) is 4.05. The summed E-state index contributed by atoms with van der Waals surface area (Å²) < 4.78 is 38.4. The molecule has 0 atom stereocenters. The van der Waals surface area contributed by atoms with Gasteiger partial charge in [-0.1, -0.05) is 102 Å². The van der Waals surface area contributed by atoms with Crippen LogP contribution in [0.3, 0.4) is 0 Å². The molecule has 0 aliphatic heterocycles. The third kappa shape index (κ3) is 11.3. The molecule has 178 valence electrons. The molecule has 33 heavy (non-hydrogen) atoms. The second-order valence-electron chi connectivity index (χ2n) is 8.40. The van der Waals surface area contributed by atoms with Crippen molar-refractivity contribution < 1.29 is 52.4 Å². The maximum absolute atomic E-state index is 12.4. The molecule has 5 nitrogen and oxygen atoms in total. The van der Waals surface area contributed by atoms with Crippen LogP contribution in [0.25, 0.3) is 0 Å². The van der Waals surface area contributed by atoms with Gasteiger partial charge in [0.05, 0.1) is 0 Å². The van der Waals surface area contributed by atoms with E-state index in [9.17, 15) is 18.1 Å². The summed E-state index contributed by atoms with van der Waals surface area (Å²) in [4.78, 5) is -0.312. The van der Waals surface area contributed by atoms with Gasteiger partial charge in [0.2, 0.25) is 0 Å². The number of hydrogen-bond donors (Lipinski definition) is 1. The van der Waals surface area contributed by atoms with Crippen molar-refractivity contribution in [3.63, 3.8) is 0 Å². The number of hydrogen-bond acceptors (Lipinski definition) is 4. The van der Waals surface area contributed by atoms with Gasteiger partial charge in [-0.25, -0.2) is 0 Å². The van der Waals surface area contributed by atoms with Gasteiger partial charge in [0, 0.05) is 0 Å². The minimum absolute atomic E-state index is 0. The van der Waals surface area contributed by atoms with E-state index in [1.165, 1.54) is 82.1 Å². The summed E-state index contributed by atoms with van der Waals surface area (Å²) in [5.74, 6) is 0.239. The molecule has 0 saturated carbocycles. The molecular formula is C26H37NaO5S. The maximum atomic E-state index is 12.4. The molecule has 2 rings (SSSR count). The average molecular weight is 485 g/mol. The quantitative estimate of drug-likeness (QED) is 0.221. The Hall–Kier alpha value is -1.05. The molecule has 0 aliphatic rings. The van der Waals surface area contributed by atoms with E-state index in [4.69, 9.17) is 4.74 Å². The topological polar surface area (TPSA) is 86.7 Å². The van der Waals surface area contributed by atoms with Crippen molar-refractivity contribution in [1.82, 2.24) is 0 Å². The summed E-state index contributed by atoms with van der Waals surface area (Å²) >= 11 is 0. The van der Waals surface area contributed by atoms with Gasteiger partial charge >= 0.3 is 29.6 Å². The van der Waals surface area contributed by atoms with E-state index in [2.05, 4.69) is 6.92 Å². The Labute approximate surface area is 222 Å². The molecule has 0 spiro atoms. The van der Waals surface area contributed by atoms with Gasteiger partial charge in [-0.2, -0.15) is 8.42 Å². The second kappa shape index (κ2) is 16.6. The van der Waals surface area contributed by atoms with E-state index in [1.54, 1.807) is 18.2 Å². The number of benzene rings is 2. The third-order valence-electron chi connectivity index (χ3n) is 5.72. The van der Waals surface area contributed by atoms with Crippen molar-refractivity contribution in [1.29, 1.82) is 0 Å². The van der Waals surface area contributed by atoms with E-state index >= 15 is 0 Å². The van der Waals surface area contributed by atoms with Crippen molar-refractivity contribution in [3.05, 3.63) is 48.0 Å². The standard InChI is InChI=1S/C26H38O5S.Na/c1-2-3-4-5-6-7-8-9-10-11-12-13-17-22-23(27)18-16-20-24(22)31-25-19-14-15-21-26(25)32(28,29)30;/h14-16,18-21,27H,2-13,17H2,1H3,(H,28,29,30);/q;+1/p-1. The molecule has 0 aromatic heterocycles. The van der Waals surface area contributed by atoms with Crippen LogP contribution in [-0.4, -0.2) is 13.0 Å². The van der Waals surface area contributed by atoms with Crippen molar-refractivity contribution in [2.24, 2.45) is 0 Å². The van der Waals surface area contributed by atoms with Crippen molar-refractivity contribution >= 4 is 10.1 Å². The molecule has 0 radical (unpaired) electrons. The SMILES string of the molecule is CCCCCCCCCCCCCCc1c([O-])cccc1Oc1ccccc1S(=O)(=O)O.[Na+]. The van der Waals surface area contributed by atoms with Crippen LogP contribution in [0.4, 0.5) is 0 Å². The first-order valence-corrected chi connectivity index (χ1v) is 13.4. The number of unbranched alkanes of at least 4 members (excludes halogenated alkanes) is 11. The van der Waals surface area contributed by atoms with Gasteiger partial charge in [0.1, 0.15) is 16.4 Å². The molecule has 0 unspecified atom stereocenters. The third-order valence-corrected chi connectivity index (χ3v) is 6.61. The molecule has 2 aromatic rings. The molecule has 0 aliphatic carbocycles. The van der Waals surface area contributed by atoms with Crippen LogP contribution in [0.5, 0.6) is 17.2 Å². The number of rotatable bonds is 16. The average Bonchev–Trinajstić information content (AvgIpc) is 2.76. The van der Waals surface area contributed by atoms with Crippen LogP contribution < -0.4 is 39.4 Å². The van der Waals surface area contributed by atoms with E-state index in [0.29, 0.717) is 17.7 Å². The zero-order chi connectivity index (χ0) is 23.2. The fourth-order valence-corrected chi connectivity index (χ4v) is 4.51. The van der Waals surface area contributed by atoms with Gasteiger partial charge in [0.15, 0.2) is 0 Å². The molecule has 0 bridgehead atoms. The normalized spacial score (nSPS) is 11.2. The minimum atomic E-state index is -4.42. The van der Waals surface area contributed by atoms with Crippen molar-refractivity contribution in [2.75, 3.05) is 0 Å². The van der Waals surface area contributed by atoms with Crippen molar-refractivity contribution in [3.8, 4) is 17.2 Å². The van der Waals surface area contributed by atoms with Gasteiger partial charge in [0.25, 0.3) is 10.1 Å². The fourth-order valence-electron chi connectivity index (χ4n) is 3.90. The Morgan fingerprint density at radius 2 is 1.27 bits per heavy atom. The smallest absolute Gasteiger partial charge is 0.872 e. The Kier molecular flexibility index (Phi) is 15.0. The molecule has 7 heteroatoms. The van der Waals surface area contributed by atoms with Gasteiger partial charge in [-0.3, -0.25) is 4.55 Å². The van der Waals surface area contributed by atoms with Crippen molar-refractivity contribution in [2.45, 2.75) is 95.3 Å². The molecule has 1 N–H and O–H groups in total. The summed E-state index contributed by atoms with van der Waals surface area (Å²) in [6, 6.07) is 10.6. The summed E-state index contributed by atoms with van der Waals surface area (Å²) in [5, 5.41) is 12.4. The largest absolute Gasteiger partial charge is 1.00 e. The predicted molar refractivity (Wildman–Crippen MR) is 127 cm³/mol. The molecule has 0 saturated heterocycles. The van der Waals surface area contributed by atoms with Crippen LogP contribution in [-0.2, 0) is 16.5 Å². The summed E-state index contributed by atoms with van der Waals surface area (Å²) in [6.07, 6.45) is 15.5. The minimum Gasteiger partial charge on any atom is -0.872 e. The van der Waals surface area contributed by atoms with Crippen LogP contribution in [0, 0.1) is 0 Å². The molecule has 0 amide bonds. The Morgan fingerprint density at radius 3 is 1.85 bits per heavy atom. The summed E-state index contributed by atoms with van der Waals surface area (Å²) in [5.41, 5.74) is 0.546. The Balaban J connectivity index is 0.00000544. The molecule has 0 fully saturated rings. The maximum Gasteiger partial charge on any atom is 1.00 e. The molecule has 2 aromatic carbocycles.